The third-order valence-corrected chi connectivity index (χ3v) is 6.03. The van der Waals surface area contributed by atoms with Crippen LogP contribution in [0.3, 0.4) is 0 Å². The van der Waals surface area contributed by atoms with E-state index in [0.717, 1.165) is 16.7 Å². The average molecular weight is 457 g/mol. The van der Waals surface area contributed by atoms with Gasteiger partial charge in [0.25, 0.3) is 16.8 Å². The van der Waals surface area contributed by atoms with E-state index in [1.165, 1.54) is 12.1 Å². The smallest absolute Gasteiger partial charge is 0.294 e. The number of carbonyl (C=O) groups is 3. The number of nitro groups is 1. The van der Waals surface area contributed by atoms with Crippen molar-refractivity contribution < 1.29 is 28.5 Å². The molecule has 0 atom stereocenters. The lowest BCUT2D eigenvalue weighted by Gasteiger charge is -2.27. The molecule has 166 valence electrons. The largest absolute Gasteiger partial charge is 0.457 e. The van der Waals surface area contributed by atoms with Crippen molar-refractivity contribution in [2.75, 3.05) is 32.8 Å². The molecule has 0 radical (unpaired) electrons. The third kappa shape index (κ3) is 4.43. The van der Waals surface area contributed by atoms with Crippen molar-refractivity contribution in [3.05, 3.63) is 56.7 Å². The SMILES string of the molecule is Cc1ccc(-c2ccc(/C=C3\SC(=O)N(CC(=O)N4CCOCC4)C3=O)o2)cc1[N+](=O)[O-]. The van der Waals surface area contributed by atoms with Crippen LogP contribution in [0, 0.1) is 17.0 Å². The van der Waals surface area contributed by atoms with Crippen molar-refractivity contribution in [3.8, 4) is 11.3 Å². The van der Waals surface area contributed by atoms with Crippen LogP contribution in [0.15, 0.2) is 39.7 Å². The number of ether oxygens (including phenoxy) is 1. The molecule has 2 aliphatic heterocycles. The van der Waals surface area contributed by atoms with Crippen LogP contribution in [-0.4, -0.2) is 64.6 Å². The maximum atomic E-state index is 12.7. The molecular formula is C21H19N3O7S. The van der Waals surface area contributed by atoms with Crippen LogP contribution in [0.4, 0.5) is 10.5 Å². The van der Waals surface area contributed by atoms with Gasteiger partial charge in [0.05, 0.1) is 23.0 Å². The molecule has 2 saturated heterocycles. The first kappa shape index (κ1) is 21.8. The Hall–Kier alpha value is -3.44. The summed E-state index contributed by atoms with van der Waals surface area (Å²) >= 11 is 0.732. The number of thioether (sulfide) groups is 1. The monoisotopic (exact) mass is 457 g/mol. The molecule has 0 spiro atoms. The number of hydrogen-bond donors (Lipinski definition) is 0. The molecule has 10 nitrogen and oxygen atoms in total. The molecule has 3 amide bonds. The number of hydrogen-bond acceptors (Lipinski definition) is 8. The van der Waals surface area contributed by atoms with Crippen molar-refractivity contribution >= 4 is 40.6 Å². The maximum Gasteiger partial charge on any atom is 0.294 e. The fourth-order valence-corrected chi connectivity index (χ4v) is 4.18. The van der Waals surface area contributed by atoms with Crippen LogP contribution < -0.4 is 0 Å². The Morgan fingerprint density at radius 1 is 1.22 bits per heavy atom. The topological polar surface area (TPSA) is 123 Å². The van der Waals surface area contributed by atoms with E-state index < -0.39 is 16.1 Å². The summed E-state index contributed by atoms with van der Waals surface area (Å²) in [7, 11) is 0. The number of nitrogens with zero attached hydrogens (tertiary/aromatic N) is 3. The standard InChI is InChI=1S/C21H19N3O7S/c1-13-2-3-14(10-16(13)24(28)29)17-5-4-15(31-17)11-18-20(26)23(21(27)32-18)12-19(25)22-6-8-30-9-7-22/h2-5,10-11H,6-9,12H2,1H3/b18-11-. The number of carbonyl (C=O) groups excluding carboxylic acids is 3. The normalized spacial score (nSPS) is 18.0. The first-order chi connectivity index (χ1) is 15.3. The average Bonchev–Trinajstić information content (AvgIpc) is 3.35. The van der Waals surface area contributed by atoms with Crippen molar-refractivity contribution in [2.24, 2.45) is 0 Å². The van der Waals surface area contributed by atoms with E-state index in [-0.39, 0.29) is 23.0 Å². The van der Waals surface area contributed by atoms with E-state index in [9.17, 15) is 24.5 Å². The Bertz CT molecular complexity index is 1130. The molecule has 0 bridgehead atoms. The van der Waals surface area contributed by atoms with Gasteiger partial charge in [-0.15, -0.1) is 0 Å². The highest BCUT2D eigenvalue weighted by atomic mass is 32.2. The molecule has 0 unspecified atom stereocenters. The number of morpholine rings is 1. The third-order valence-electron chi connectivity index (χ3n) is 5.12. The fraction of sp³-hybridized carbons (Fsp3) is 0.286. The Balaban J connectivity index is 1.49. The Morgan fingerprint density at radius 2 is 1.97 bits per heavy atom. The van der Waals surface area contributed by atoms with Crippen molar-refractivity contribution in [3.63, 3.8) is 0 Å². The minimum absolute atomic E-state index is 0.0218. The number of rotatable bonds is 5. The Labute approximate surface area is 186 Å². The van der Waals surface area contributed by atoms with Crippen molar-refractivity contribution in [1.82, 2.24) is 9.80 Å². The van der Waals surface area contributed by atoms with Crippen LogP contribution in [-0.2, 0) is 14.3 Å². The molecule has 2 fully saturated rings. The van der Waals surface area contributed by atoms with Crippen molar-refractivity contribution in [2.45, 2.75) is 6.92 Å². The summed E-state index contributed by atoms with van der Waals surface area (Å²) in [5, 5.41) is 10.6. The quantitative estimate of drug-likeness (QED) is 0.381. The first-order valence-corrected chi connectivity index (χ1v) is 10.6. The van der Waals surface area contributed by atoms with Gasteiger partial charge >= 0.3 is 0 Å². The first-order valence-electron chi connectivity index (χ1n) is 9.79. The summed E-state index contributed by atoms with van der Waals surface area (Å²) in [6, 6.07) is 7.99. The van der Waals surface area contributed by atoms with Crippen LogP contribution >= 0.6 is 11.8 Å². The molecule has 0 saturated carbocycles. The van der Waals surface area contributed by atoms with E-state index in [0.29, 0.717) is 49.0 Å². The summed E-state index contributed by atoms with van der Waals surface area (Å²) in [5.41, 5.74) is 1.03. The summed E-state index contributed by atoms with van der Waals surface area (Å²) in [6.07, 6.45) is 1.43. The van der Waals surface area contributed by atoms with Gasteiger partial charge in [0.2, 0.25) is 5.91 Å². The predicted octanol–water partition coefficient (Wildman–Crippen LogP) is 3.06. The van der Waals surface area contributed by atoms with Crippen LogP contribution in [0.25, 0.3) is 17.4 Å². The number of aryl methyl sites for hydroxylation is 1. The van der Waals surface area contributed by atoms with Gasteiger partial charge in [-0.25, -0.2) is 0 Å². The second kappa shape index (κ2) is 8.97. The highest BCUT2D eigenvalue weighted by molar-refractivity contribution is 8.18. The van der Waals surface area contributed by atoms with Gasteiger partial charge in [-0.05, 0) is 30.8 Å². The van der Waals surface area contributed by atoms with Crippen LogP contribution in [0.1, 0.15) is 11.3 Å². The van der Waals surface area contributed by atoms with Gasteiger partial charge in [-0.1, -0.05) is 12.1 Å². The molecule has 2 aromatic rings. The fourth-order valence-electron chi connectivity index (χ4n) is 3.36. The lowest BCUT2D eigenvalue weighted by molar-refractivity contribution is -0.385. The molecule has 3 heterocycles. The van der Waals surface area contributed by atoms with E-state index in [2.05, 4.69) is 0 Å². The molecule has 1 aromatic carbocycles. The minimum atomic E-state index is -0.564. The van der Waals surface area contributed by atoms with E-state index in [4.69, 9.17) is 9.15 Å². The highest BCUT2D eigenvalue weighted by Crippen LogP contribution is 2.34. The molecule has 2 aliphatic rings. The van der Waals surface area contributed by atoms with Crippen molar-refractivity contribution in [1.29, 1.82) is 0 Å². The van der Waals surface area contributed by atoms with Crippen LogP contribution in [0.5, 0.6) is 0 Å². The predicted molar refractivity (Wildman–Crippen MR) is 116 cm³/mol. The van der Waals surface area contributed by atoms with E-state index in [1.807, 2.05) is 0 Å². The zero-order valence-corrected chi connectivity index (χ0v) is 17.9. The van der Waals surface area contributed by atoms with E-state index >= 15 is 0 Å². The molecule has 0 aliphatic carbocycles. The zero-order valence-electron chi connectivity index (χ0n) is 17.1. The van der Waals surface area contributed by atoms with Gasteiger partial charge in [0.1, 0.15) is 18.1 Å². The number of benzene rings is 1. The van der Waals surface area contributed by atoms with E-state index in [1.54, 1.807) is 36.1 Å². The lowest BCUT2D eigenvalue weighted by Crippen LogP contribution is -2.46. The van der Waals surface area contributed by atoms with Gasteiger partial charge in [0.15, 0.2) is 0 Å². The lowest BCUT2D eigenvalue weighted by atomic mass is 10.1. The summed E-state index contributed by atoms with van der Waals surface area (Å²) < 4.78 is 10.9. The summed E-state index contributed by atoms with van der Waals surface area (Å²) in [6.45, 7) is 3.04. The van der Waals surface area contributed by atoms with Crippen LogP contribution in [0.2, 0.25) is 0 Å². The number of nitro benzene ring substituents is 1. The molecule has 0 N–H and O–H groups in total. The molecule has 32 heavy (non-hydrogen) atoms. The molecular weight excluding hydrogens is 438 g/mol. The molecule has 4 rings (SSSR count). The van der Waals surface area contributed by atoms with Gasteiger partial charge in [0, 0.05) is 36.4 Å². The molecule has 11 heteroatoms. The Morgan fingerprint density at radius 3 is 2.69 bits per heavy atom. The number of imide groups is 1. The summed E-state index contributed by atoms with van der Waals surface area (Å²) in [5.74, 6) is -0.169. The van der Waals surface area contributed by atoms with Gasteiger partial charge < -0.3 is 14.1 Å². The van der Waals surface area contributed by atoms with Gasteiger partial charge in [-0.3, -0.25) is 29.4 Å². The second-order valence-corrected chi connectivity index (χ2v) is 8.21. The maximum absolute atomic E-state index is 12.7. The Kier molecular flexibility index (Phi) is 6.10. The number of furan rings is 1. The highest BCUT2D eigenvalue weighted by Gasteiger charge is 2.37. The summed E-state index contributed by atoms with van der Waals surface area (Å²) in [4.78, 5) is 50.7. The number of amides is 3. The second-order valence-electron chi connectivity index (χ2n) is 7.22. The minimum Gasteiger partial charge on any atom is -0.457 e. The molecule has 1 aromatic heterocycles. The van der Waals surface area contributed by atoms with Gasteiger partial charge in [-0.2, -0.15) is 0 Å². The zero-order chi connectivity index (χ0) is 22.8.